The van der Waals surface area contributed by atoms with E-state index in [0.717, 1.165) is 0 Å². The molecule has 0 aliphatic heterocycles. The van der Waals surface area contributed by atoms with Crippen LogP contribution in [0, 0.1) is 0 Å². The topological polar surface area (TPSA) is 60.9 Å². The van der Waals surface area contributed by atoms with Crippen molar-refractivity contribution in [3.63, 3.8) is 0 Å². The van der Waals surface area contributed by atoms with Crippen LogP contribution in [-0.4, -0.2) is 15.7 Å². The molecule has 0 saturated carbocycles. The van der Waals surface area contributed by atoms with Crippen LogP contribution in [0.1, 0.15) is 10.5 Å². The highest BCUT2D eigenvalue weighted by Crippen LogP contribution is 2.16. The van der Waals surface area contributed by atoms with Crippen LogP contribution in [0.5, 0.6) is 0 Å². The van der Waals surface area contributed by atoms with Crippen LogP contribution in [0.4, 0.5) is 4.48 Å². The highest BCUT2D eigenvalue weighted by molar-refractivity contribution is 5.96. The average Bonchev–Trinajstić information content (AvgIpc) is 2.45. The monoisotopic (exact) mass is 179 g/mol. The number of amides is 1. The smallest absolute Gasteiger partial charge is 0.268 e. The van der Waals surface area contributed by atoms with E-state index in [1.54, 1.807) is 12.1 Å². The minimum absolute atomic E-state index is 0.108. The molecule has 2 heterocycles. The second kappa shape index (κ2) is 2.55. The summed E-state index contributed by atoms with van der Waals surface area (Å²) in [6.07, 6.45) is 1.45. The van der Waals surface area contributed by atoms with E-state index in [1.807, 2.05) is 0 Å². The predicted octanol–water partition coefficient (Wildman–Crippen LogP) is 0.868. The number of nitrogens with two attached hydrogens (primary N) is 1. The van der Waals surface area contributed by atoms with Gasteiger partial charge in [0, 0.05) is 11.6 Å². The third-order valence-corrected chi connectivity index (χ3v) is 1.76. The van der Waals surface area contributed by atoms with Crippen LogP contribution in [0.3, 0.4) is 0 Å². The van der Waals surface area contributed by atoms with Gasteiger partial charge >= 0.3 is 0 Å². The zero-order valence-electron chi connectivity index (χ0n) is 6.57. The first-order valence-corrected chi connectivity index (χ1v) is 3.62. The molecule has 2 aromatic heterocycles. The minimum atomic E-state index is -0.805. The van der Waals surface area contributed by atoms with Gasteiger partial charge in [-0.15, -0.1) is 0 Å². The van der Waals surface area contributed by atoms with E-state index in [9.17, 15) is 9.28 Å². The summed E-state index contributed by atoms with van der Waals surface area (Å²) in [7, 11) is 0. The standard InChI is InChI=1S/C8H6FN3O/c9-12-6(7(10)13)4-5-2-1-3-11-8(5)12/h1-4H,(H2,10,13). The Hall–Kier alpha value is -1.91. The first-order chi connectivity index (χ1) is 6.20. The summed E-state index contributed by atoms with van der Waals surface area (Å²) in [6.45, 7) is 0. The number of hydrogen-bond donors (Lipinski definition) is 1. The maximum absolute atomic E-state index is 13.2. The molecule has 1 amide bonds. The maximum Gasteiger partial charge on any atom is 0.268 e. The Morgan fingerprint density at radius 2 is 2.38 bits per heavy atom. The summed E-state index contributed by atoms with van der Waals surface area (Å²) in [5, 5.41) is 0.554. The van der Waals surface area contributed by atoms with Crippen molar-refractivity contribution in [2.75, 3.05) is 0 Å². The number of hydrogen-bond acceptors (Lipinski definition) is 2. The van der Waals surface area contributed by atoms with Gasteiger partial charge in [0.15, 0.2) is 5.65 Å². The molecule has 5 heteroatoms. The highest BCUT2D eigenvalue weighted by Gasteiger charge is 2.12. The van der Waals surface area contributed by atoms with E-state index in [1.165, 1.54) is 12.3 Å². The zero-order valence-corrected chi connectivity index (χ0v) is 6.57. The van der Waals surface area contributed by atoms with Crippen LogP contribution >= 0.6 is 0 Å². The van der Waals surface area contributed by atoms with E-state index in [2.05, 4.69) is 4.98 Å². The molecule has 0 aliphatic carbocycles. The van der Waals surface area contributed by atoms with Crippen molar-refractivity contribution in [1.29, 1.82) is 0 Å². The van der Waals surface area contributed by atoms with E-state index < -0.39 is 5.91 Å². The lowest BCUT2D eigenvalue weighted by Gasteiger charge is -1.92. The second-order valence-corrected chi connectivity index (χ2v) is 2.59. The number of pyridine rings is 1. The molecule has 0 saturated heterocycles. The lowest BCUT2D eigenvalue weighted by atomic mass is 10.3. The maximum atomic E-state index is 13.2. The predicted molar refractivity (Wildman–Crippen MR) is 44.8 cm³/mol. The number of fused-ring (bicyclic) bond motifs is 1. The van der Waals surface area contributed by atoms with Gasteiger partial charge in [0.1, 0.15) is 5.69 Å². The molecule has 13 heavy (non-hydrogen) atoms. The molecule has 0 unspecified atom stereocenters. The molecule has 0 atom stereocenters. The van der Waals surface area contributed by atoms with Gasteiger partial charge in [-0.1, -0.05) is 4.48 Å². The summed E-state index contributed by atoms with van der Waals surface area (Å²) in [5.74, 6) is -0.805. The Labute approximate surface area is 72.7 Å². The van der Waals surface area contributed by atoms with Gasteiger partial charge in [0.25, 0.3) is 5.91 Å². The van der Waals surface area contributed by atoms with Crippen molar-refractivity contribution in [3.8, 4) is 0 Å². The van der Waals surface area contributed by atoms with Crippen LogP contribution in [0.15, 0.2) is 24.4 Å². The van der Waals surface area contributed by atoms with Crippen molar-refractivity contribution in [3.05, 3.63) is 30.1 Å². The summed E-state index contributed by atoms with van der Waals surface area (Å²) >= 11 is 0. The quantitative estimate of drug-likeness (QED) is 0.705. The molecule has 0 fully saturated rings. The molecule has 66 valence electrons. The van der Waals surface area contributed by atoms with Gasteiger partial charge in [-0.25, -0.2) is 4.98 Å². The van der Waals surface area contributed by atoms with Crippen molar-refractivity contribution < 1.29 is 9.28 Å². The molecule has 2 N–H and O–H groups in total. The van der Waals surface area contributed by atoms with Crippen molar-refractivity contribution in [2.45, 2.75) is 0 Å². The van der Waals surface area contributed by atoms with E-state index in [4.69, 9.17) is 5.73 Å². The molecule has 2 rings (SSSR count). The Kier molecular flexibility index (Phi) is 1.51. The van der Waals surface area contributed by atoms with Crippen LogP contribution in [0.25, 0.3) is 11.0 Å². The van der Waals surface area contributed by atoms with E-state index in [0.29, 0.717) is 5.39 Å². The Morgan fingerprint density at radius 3 is 3.00 bits per heavy atom. The van der Waals surface area contributed by atoms with E-state index >= 15 is 0 Å². The van der Waals surface area contributed by atoms with Gasteiger partial charge in [0.05, 0.1) is 0 Å². The van der Waals surface area contributed by atoms with Gasteiger partial charge in [0.2, 0.25) is 0 Å². The summed E-state index contributed by atoms with van der Waals surface area (Å²) in [6, 6.07) is 4.68. The molecular formula is C8H6FN3O. The number of halogens is 1. The molecular weight excluding hydrogens is 173 g/mol. The normalized spacial score (nSPS) is 10.5. The molecule has 0 bridgehead atoms. The third-order valence-electron chi connectivity index (χ3n) is 1.76. The summed E-state index contributed by atoms with van der Waals surface area (Å²) < 4.78 is 13.2. The highest BCUT2D eigenvalue weighted by atomic mass is 19.2. The van der Waals surface area contributed by atoms with Crippen LogP contribution in [0.2, 0.25) is 0 Å². The second-order valence-electron chi connectivity index (χ2n) is 2.59. The fourth-order valence-corrected chi connectivity index (χ4v) is 1.17. The number of primary amides is 1. The Morgan fingerprint density at radius 1 is 1.62 bits per heavy atom. The summed E-state index contributed by atoms with van der Waals surface area (Å²) in [5.41, 5.74) is 4.87. The number of rotatable bonds is 1. The number of carbonyl (C=O) groups excluding carboxylic acids is 1. The fraction of sp³-hybridized carbons (Fsp3) is 0. The van der Waals surface area contributed by atoms with Crippen molar-refractivity contribution in [2.24, 2.45) is 5.73 Å². The minimum Gasteiger partial charge on any atom is -0.364 e. The lowest BCUT2D eigenvalue weighted by molar-refractivity contribution is 0.0982. The molecule has 0 aromatic carbocycles. The van der Waals surface area contributed by atoms with Crippen molar-refractivity contribution in [1.82, 2.24) is 9.77 Å². The van der Waals surface area contributed by atoms with Gasteiger partial charge < -0.3 is 5.73 Å². The largest absolute Gasteiger partial charge is 0.364 e. The first kappa shape index (κ1) is 7.72. The Balaban J connectivity index is 2.81. The van der Waals surface area contributed by atoms with Crippen LogP contribution < -0.4 is 5.73 Å². The molecule has 2 aromatic rings. The Bertz CT molecular complexity index is 477. The van der Waals surface area contributed by atoms with Gasteiger partial charge in [-0.2, -0.15) is 4.79 Å². The van der Waals surface area contributed by atoms with Gasteiger partial charge in [-0.3, -0.25) is 4.79 Å². The first-order valence-electron chi connectivity index (χ1n) is 3.62. The third kappa shape index (κ3) is 1.05. The lowest BCUT2D eigenvalue weighted by Crippen LogP contribution is -2.13. The fourth-order valence-electron chi connectivity index (χ4n) is 1.17. The summed E-state index contributed by atoms with van der Waals surface area (Å²) in [4.78, 5) is 14.7. The number of carbonyl (C=O) groups is 1. The zero-order chi connectivity index (χ0) is 9.42. The van der Waals surface area contributed by atoms with E-state index in [-0.39, 0.29) is 16.1 Å². The van der Waals surface area contributed by atoms with Gasteiger partial charge in [-0.05, 0) is 18.2 Å². The van der Waals surface area contributed by atoms with Crippen LogP contribution in [-0.2, 0) is 0 Å². The number of aromatic nitrogens is 2. The molecule has 0 spiro atoms. The molecule has 0 radical (unpaired) electrons. The average molecular weight is 179 g/mol. The SMILES string of the molecule is NC(=O)c1cc2cccnc2n1F. The van der Waals surface area contributed by atoms with Crippen molar-refractivity contribution >= 4 is 16.9 Å². The molecule has 4 nitrogen and oxygen atoms in total. The number of nitrogens with zero attached hydrogens (tertiary/aromatic N) is 2. The molecule has 0 aliphatic rings.